The maximum absolute atomic E-state index is 11.2. The van der Waals surface area contributed by atoms with Crippen LogP contribution in [0.3, 0.4) is 0 Å². The maximum Gasteiger partial charge on any atom is 0.323 e. The number of likely N-dealkylation sites (N-methyl/N-ethyl adjacent to an activating group) is 1. The summed E-state index contributed by atoms with van der Waals surface area (Å²) in [6.45, 7) is 4.05. The molecule has 1 rings (SSSR count). The maximum atomic E-state index is 11.2. The molecular weight excluding hydrogens is 234 g/mol. The lowest BCUT2D eigenvalue weighted by molar-refractivity contribution is -0.144. The minimum Gasteiger partial charge on any atom is -0.480 e. The Labute approximate surface area is 109 Å². The fourth-order valence-electron chi connectivity index (χ4n) is 2.29. The molecule has 5 heteroatoms. The van der Waals surface area contributed by atoms with Gasteiger partial charge in [-0.3, -0.25) is 4.79 Å². The van der Waals surface area contributed by atoms with Crippen LogP contribution in [0.5, 0.6) is 0 Å². The van der Waals surface area contributed by atoms with Gasteiger partial charge in [-0.25, -0.2) is 0 Å². The molecule has 5 nitrogen and oxygen atoms in total. The van der Waals surface area contributed by atoms with Gasteiger partial charge in [-0.05, 0) is 26.3 Å². The third-order valence-corrected chi connectivity index (χ3v) is 3.58. The molecule has 0 spiro atoms. The van der Waals surface area contributed by atoms with E-state index in [-0.39, 0.29) is 6.10 Å². The van der Waals surface area contributed by atoms with Crippen molar-refractivity contribution in [3.05, 3.63) is 0 Å². The van der Waals surface area contributed by atoms with Crippen LogP contribution in [0.15, 0.2) is 0 Å². The highest BCUT2D eigenvalue weighted by Crippen LogP contribution is 2.31. The molecule has 18 heavy (non-hydrogen) atoms. The number of hydrogen-bond donors (Lipinski definition) is 2. The summed E-state index contributed by atoms with van der Waals surface area (Å²) >= 11 is 0. The Morgan fingerprint density at radius 1 is 1.44 bits per heavy atom. The highest BCUT2D eigenvalue weighted by atomic mass is 16.5. The first-order valence-electron chi connectivity index (χ1n) is 6.76. The lowest BCUT2D eigenvalue weighted by Crippen LogP contribution is -2.48. The lowest BCUT2D eigenvalue weighted by atomic mass is 9.98. The van der Waals surface area contributed by atoms with Gasteiger partial charge in [-0.2, -0.15) is 0 Å². The molecule has 1 saturated carbocycles. The van der Waals surface area contributed by atoms with Gasteiger partial charge >= 0.3 is 5.97 Å². The molecule has 106 valence electrons. The lowest BCUT2D eigenvalue weighted by Gasteiger charge is -2.23. The summed E-state index contributed by atoms with van der Waals surface area (Å²) in [5, 5.41) is 12.1. The smallest absolute Gasteiger partial charge is 0.323 e. The SMILES string of the molecule is CCCCOCCOC1CCC(NC)(C(=O)O)C1. The predicted octanol–water partition coefficient (Wildman–Crippen LogP) is 1.41. The number of unbranched alkanes of at least 4 members (excludes halogenated alkanes) is 1. The van der Waals surface area contributed by atoms with Gasteiger partial charge in [0.2, 0.25) is 0 Å². The average Bonchev–Trinajstić information content (AvgIpc) is 2.78. The van der Waals surface area contributed by atoms with Crippen molar-refractivity contribution in [2.24, 2.45) is 0 Å². The molecule has 0 saturated heterocycles. The van der Waals surface area contributed by atoms with Gasteiger partial charge in [0.05, 0.1) is 19.3 Å². The van der Waals surface area contributed by atoms with Crippen LogP contribution in [0.4, 0.5) is 0 Å². The predicted molar refractivity (Wildman–Crippen MR) is 68.7 cm³/mol. The Kier molecular flexibility index (Phi) is 6.60. The van der Waals surface area contributed by atoms with Gasteiger partial charge in [-0.15, -0.1) is 0 Å². The number of carboxylic acids is 1. The molecule has 0 aliphatic heterocycles. The van der Waals surface area contributed by atoms with Crippen molar-refractivity contribution in [3.63, 3.8) is 0 Å². The van der Waals surface area contributed by atoms with Crippen molar-refractivity contribution >= 4 is 5.97 Å². The van der Waals surface area contributed by atoms with E-state index in [0.29, 0.717) is 26.1 Å². The second kappa shape index (κ2) is 7.71. The largest absolute Gasteiger partial charge is 0.480 e. The van der Waals surface area contributed by atoms with Crippen molar-refractivity contribution < 1.29 is 19.4 Å². The summed E-state index contributed by atoms with van der Waals surface area (Å²) in [5.41, 5.74) is -0.798. The monoisotopic (exact) mass is 259 g/mol. The molecule has 0 amide bonds. The molecule has 2 atom stereocenters. The van der Waals surface area contributed by atoms with Crippen LogP contribution in [0, 0.1) is 0 Å². The van der Waals surface area contributed by atoms with E-state index in [2.05, 4.69) is 12.2 Å². The molecule has 1 fully saturated rings. The molecule has 0 aromatic carbocycles. The molecule has 1 aliphatic carbocycles. The number of carboxylic acid groups (broad SMARTS) is 1. The standard InChI is InChI=1S/C13H25NO4/c1-3-4-7-17-8-9-18-11-5-6-13(10-11,14-2)12(15)16/h11,14H,3-10H2,1-2H3,(H,15,16). The fraction of sp³-hybridized carbons (Fsp3) is 0.923. The summed E-state index contributed by atoms with van der Waals surface area (Å²) in [6.07, 6.45) is 4.19. The normalized spacial score (nSPS) is 27.6. The van der Waals surface area contributed by atoms with E-state index in [1.165, 1.54) is 0 Å². The number of hydrogen-bond acceptors (Lipinski definition) is 4. The summed E-state index contributed by atoms with van der Waals surface area (Å²) < 4.78 is 11.1. The summed E-state index contributed by atoms with van der Waals surface area (Å²) in [4.78, 5) is 11.2. The van der Waals surface area contributed by atoms with Crippen molar-refractivity contribution in [2.75, 3.05) is 26.9 Å². The van der Waals surface area contributed by atoms with Gasteiger partial charge in [0.1, 0.15) is 5.54 Å². The van der Waals surface area contributed by atoms with Gasteiger partial charge in [0.15, 0.2) is 0 Å². The van der Waals surface area contributed by atoms with Crippen LogP contribution in [0.1, 0.15) is 39.0 Å². The number of aliphatic carboxylic acids is 1. The molecule has 2 N–H and O–H groups in total. The van der Waals surface area contributed by atoms with Crippen molar-refractivity contribution in [1.82, 2.24) is 5.32 Å². The van der Waals surface area contributed by atoms with Crippen LogP contribution < -0.4 is 5.32 Å². The Balaban J connectivity index is 2.16. The second-order valence-corrected chi connectivity index (χ2v) is 4.84. The number of ether oxygens (including phenoxy) is 2. The van der Waals surface area contributed by atoms with Crippen molar-refractivity contribution in [3.8, 4) is 0 Å². The van der Waals surface area contributed by atoms with Gasteiger partial charge in [0.25, 0.3) is 0 Å². The van der Waals surface area contributed by atoms with Crippen LogP contribution in [0.2, 0.25) is 0 Å². The zero-order chi connectivity index (χ0) is 13.4. The highest BCUT2D eigenvalue weighted by Gasteiger charge is 2.44. The molecule has 0 bridgehead atoms. The summed E-state index contributed by atoms with van der Waals surface area (Å²) in [6, 6.07) is 0. The van der Waals surface area contributed by atoms with Crippen molar-refractivity contribution in [1.29, 1.82) is 0 Å². The molecular formula is C13H25NO4. The highest BCUT2D eigenvalue weighted by molar-refractivity contribution is 5.79. The van der Waals surface area contributed by atoms with E-state index in [1.807, 2.05) is 0 Å². The minimum atomic E-state index is -0.798. The first-order chi connectivity index (χ1) is 8.64. The van der Waals surface area contributed by atoms with Gasteiger partial charge in [0, 0.05) is 13.0 Å². The second-order valence-electron chi connectivity index (χ2n) is 4.84. The summed E-state index contributed by atoms with van der Waals surface area (Å²) in [5.74, 6) is -0.782. The van der Waals surface area contributed by atoms with E-state index in [9.17, 15) is 9.90 Å². The number of rotatable bonds is 9. The molecule has 0 aromatic heterocycles. The summed E-state index contributed by atoms with van der Waals surface area (Å²) in [7, 11) is 1.70. The Morgan fingerprint density at radius 3 is 2.78 bits per heavy atom. The van der Waals surface area contributed by atoms with E-state index in [0.717, 1.165) is 25.9 Å². The van der Waals surface area contributed by atoms with Gasteiger partial charge in [-0.1, -0.05) is 13.3 Å². The molecule has 2 unspecified atom stereocenters. The van der Waals surface area contributed by atoms with Crippen LogP contribution in [-0.2, 0) is 14.3 Å². The van der Waals surface area contributed by atoms with E-state index in [1.54, 1.807) is 7.05 Å². The first-order valence-corrected chi connectivity index (χ1v) is 6.76. The van der Waals surface area contributed by atoms with E-state index >= 15 is 0 Å². The topological polar surface area (TPSA) is 67.8 Å². The molecule has 0 aromatic rings. The number of nitrogens with one attached hydrogen (secondary N) is 1. The quantitative estimate of drug-likeness (QED) is 0.613. The zero-order valence-electron chi connectivity index (χ0n) is 11.4. The fourth-order valence-corrected chi connectivity index (χ4v) is 2.29. The minimum absolute atomic E-state index is 0.0309. The third-order valence-electron chi connectivity index (χ3n) is 3.58. The third kappa shape index (κ3) is 4.23. The average molecular weight is 259 g/mol. The first kappa shape index (κ1) is 15.4. The van der Waals surface area contributed by atoms with E-state index in [4.69, 9.17) is 9.47 Å². The zero-order valence-corrected chi connectivity index (χ0v) is 11.4. The Morgan fingerprint density at radius 2 is 2.22 bits per heavy atom. The van der Waals surface area contributed by atoms with Crippen LogP contribution in [0.25, 0.3) is 0 Å². The van der Waals surface area contributed by atoms with Gasteiger partial charge < -0.3 is 19.9 Å². The Bertz CT molecular complexity index is 259. The van der Waals surface area contributed by atoms with E-state index < -0.39 is 11.5 Å². The Hall–Kier alpha value is -0.650. The van der Waals surface area contributed by atoms with Crippen LogP contribution >= 0.6 is 0 Å². The molecule has 1 aliphatic rings. The molecule has 0 heterocycles. The van der Waals surface area contributed by atoms with Crippen LogP contribution in [-0.4, -0.2) is 49.6 Å². The van der Waals surface area contributed by atoms with Crippen molar-refractivity contribution in [2.45, 2.75) is 50.7 Å². The number of carbonyl (C=O) groups is 1. The molecule has 0 radical (unpaired) electrons.